The summed E-state index contributed by atoms with van der Waals surface area (Å²) in [4.78, 5) is 12.0. The number of carbonyl (C=O) groups excluding carboxylic acids is 1. The van der Waals surface area contributed by atoms with Gasteiger partial charge in [0.25, 0.3) is 0 Å². The Morgan fingerprint density at radius 1 is 1.35 bits per heavy atom. The van der Waals surface area contributed by atoms with Crippen LogP contribution in [0.3, 0.4) is 0 Å². The number of rotatable bonds is 7. The third-order valence-corrected chi connectivity index (χ3v) is 4.13. The third kappa shape index (κ3) is 5.52. The number of urea groups is 1. The van der Waals surface area contributed by atoms with E-state index in [1.165, 1.54) is 0 Å². The Balaban J connectivity index is 1.85. The molecule has 0 spiro atoms. The van der Waals surface area contributed by atoms with Crippen molar-refractivity contribution >= 4 is 23.1 Å². The summed E-state index contributed by atoms with van der Waals surface area (Å²) in [6.07, 6.45) is 1.67. The molecule has 1 atom stereocenters. The van der Waals surface area contributed by atoms with Gasteiger partial charge in [-0.15, -0.1) is 21.5 Å². The smallest absolute Gasteiger partial charge is 0.319 e. The van der Waals surface area contributed by atoms with Gasteiger partial charge in [-0.05, 0) is 32.4 Å². The van der Waals surface area contributed by atoms with E-state index in [0.29, 0.717) is 24.4 Å². The lowest BCUT2D eigenvalue weighted by Gasteiger charge is -2.16. The second kappa shape index (κ2) is 8.47. The number of ether oxygens (including phenoxy) is 1. The van der Waals surface area contributed by atoms with Gasteiger partial charge >= 0.3 is 6.03 Å². The molecule has 0 aliphatic heterocycles. The number of aryl methyl sites for hydroxylation is 1. The maximum Gasteiger partial charge on any atom is 0.319 e. The second-order valence-corrected chi connectivity index (χ2v) is 6.44. The van der Waals surface area contributed by atoms with Crippen LogP contribution >= 0.6 is 11.3 Å². The molecule has 2 N–H and O–H groups in total. The first kappa shape index (κ1) is 17.2. The zero-order chi connectivity index (χ0) is 16.7. The summed E-state index contributed by atoms with van der Waals surface area (Å²) in [5, 5.41) is 15.5. The predicted molar refractivity (Wildman–Crippen MR) is 92.2 cm³/mol. The Morgan fingerprint density at radius 3 is 2.83 bits per heavy atom. The largest absolute Gasteiger partial charge is 0.489 e. The van der Waals surface area contributed by atoms with Crippen LogP contribution in [0.25, 0.3) is 0 Å². The molecule has 1 heterocycles. The Kier molecular flexibility index (Phi) is 6.34. The van der Waals surface area contributed by atoms with Crippen molar-refractivity contribution in [1.29, 1.82) is 0 Å². The molecule has 0 aliphatic carbocycles. The molecule has 6 nitrogen and oxygen atoms in total. The minimum absolute atomic E-state index is 0.0988. The average Bonchev–Trinajstić information content (AvgIpc) is 2.94. The van der Waals surface area contributed by atoms with Crippen molar-refractivity contribution in [3.63, 3.8) is 0 Å². The van der Waals surface area contributed by atoms with Gasteiger partial charge in [0.2, 0.25) is 0 Å². The van der Waals surface area contributed by atoms with Crippen LogP contribution in [0, 0.1) is 6.92 Å². The van der Waals surface area contributed by atoms with E-state index in [0.717, 1.165) is 16.4 Å². The molecular weight excluding hydrogens is 312 g/mol. The molecule has 0 fully saturated rings. The van der Waals surface area contributed by atoms with Crippen LogP contribution in [0.5, 0.6) is 5.75 Å². The van der Waals surface area contributed by atoms with Crippen LogP contribution in [-0.4, -0.2) is 28.9 Å². The molecule has 0 radical (unpaired) electrons. The van der Waals surface area contributed by atoms with Crippen molar-refractivity contribution in [1.82, 2.24) is 15.5 Å². The molecule has 0 unspecified atom stereocenters. The van der Waals surface area contributed by atoms with E-state index in [1.807, 2.05) is 38.1 Å². The molecule has 0 bridgehead atoms. The van der Waals surface area contributed by atoms with Crippen LogP contribution in [0.15, 0.2) is 24.3 Å². The maximum atomic E-state index is 12.0. The summed E-state index contributed by atoms with van der Waals surface area (Å²) in [5.74, 6) is 0.678. The van der Waals surface area contributed by atoms with Gasteiger partial charge in [-0.3, -0.25) is 0 Å². The molecule has 1 aromatic carbocycles. The predicted octanol–water partition coefficient (Wildman–Crippen LogP) is 3.39. The SMILES string of the molecule is CC[C@@H](C)Oc1ccccc1NC(=O)NCCc1nnc(C)s1. The fourth-order valence-corrected chi connectivity index (χ4v) is 2.57. The van der Waals surface area contributed by atoms with Crippen LogP contribution in [0.1, 0.15) is 30.3 Å². The van der Waals surface area contributed by atoms with E-state index < -0.39 is 0 Å². The quantitative estimate of drug-likeness (QED) is 0.814. The Morgan fingerprint density at radius 2 is 2.13 bits per heavy atom. The van der Waals surface area contributed by atoms with Gasteiger partial charge in [0.15, 0.2) is 0 Å². The Hall–Kier alpha value is -2.15. The first-order valence-electron chi connectivity index (χ1n) is 7.68. The van der Waals surface area contributed by atoms with Crippen LogP contribution in [0.4, 0.5) is 10.5 Å². The van der Waals surface area contributed by atoms with Gasteiger partial charge < -0.3 is 15.4 Å². The highest BCUT2D eigenvalue weighted by atomic mass is 32.1. The molecule has 0 aliphatic rings. The fraction of sp³-hybridized carbons (Fsp3) is 0.438. The lowest BCUT2D eigenvalue weighted by Crippen LogP contribution is -2.30. The minimum atomic E-state index is -0.258. The van der Waals surface area contributed by atoms with E-state index in [1.54, 1.807) is 11.3 Å². The highest BCUT2D eigenvalue weighted by molar-refractivity contribution is 7.11. The van der Waals surface area contributed by atoms with Gasteiger partial charge in [0.1, 0.15) is 15.8 Å². The van der Waals surface area contributed by atoms with Gasteiger partial charge in [0, 0.05) is 13.0 Å². The van der Waals surface area contributed by atoms with E-state index in [2.05, 4.69) is 27.8 Å². The Labute approximate surface area is 140 Å². The van der Waals surface area contributed by atoms with Crippen molar-refractivity contribution in [3.05, 3.63) is 34.3 Å². The third-order valence-electron chi connectivity index (χ3n) is 3.23. The number of hydrogen-bond donors (Lipinski definition) is 2. The monoisotopic (exact) mass is 334 g/mol. The lowest BCUT2D eigenvalue weighted by atomic mass is 10.2. The van der Waals surface area contributed by atoms with Gasteiger partial charge in [0.05, 0.1) is 11.8 Å². The first-order valence-corrected chi connectivity index (χ1v) is 8.49. The number of anilines is 1. The summed E-state index contributed by atoms with van der Waals surface area (Å²) in [5.41, 5.74) is 0.664. The molecule has 0 saturated heterocycles. The topological polar surface area (TPSA) is 76.1 Å². The molecule has 2 rings (SSSR count). The van der Waals surface area contributed by atoms with E-state index in [-0.39, 0.29) is 12.1 Å². The molecule has 124 valence electrons. The summed E-state index contributed by atoms with van der Waals surface area (Å²) >= 11 is 1.54. The fourth-order valence-electron chi connectivity index (χ4n) is 1.86. The summed E-state index contributed by atoms with van der Waals surface area (Å²) in [7, 11) is 0. The molecular formula is C16H22N4O2S. The number of benzene rings is 1. The molecule has 2 aromatic rings. The number of carbonyl (C=O) groups is 1. The second-order valence-electron chi connectivity index (χ2n) is 5.18. The average molecular weight is 334 g/mol. The van der Waals surface area contributed by atoms with Gasteiger partial charge in [-0.25, -0.2) is 4.79 Å². The molecule has 1 aromatic heterocycles. The summed E-state index contributed by atoms with van der Waals surface area (Å²) in [6.45, 7) is 6.48. The molecule has 7 heteroatoms. The van der Waals surface area contributed by atoms with Gasteiger partial charge in [-0.2, -0.15) is 0 Å². The molecule has 2 amide bonds. The summed E-state index contributed by atoms with van der Waals surface area (Å²) in [6, 6.07) is 7.17. The van der Waals surface area contributed by atoms with Gasteiger partial charge in [-0.1, -0.05) is 19.1 Å². The number of hydrogen-bond acceptors (Lipinski definition) is 5. The van der Waals surface area contributed by atoms with Crippen molar-refractivity contribution in [2.45, 2.75) is 39.7 Å². The number of nitrogens with one attached hydrogen (secondary N) is 2. The van der Waals surface area contributed by atoms with Crippen molar-refractivity contribution in [2.24, 2.45) is 0 Å². The van der Waals surface area contributed by atoms with Crippen LogP contribution < -0.4 is 15.4 Å². The standard InChI is InChI=1S/C16H22N4O2S/c1-4-11(2)22-14-8-6-5-7-13(14)18-16(21)17-10-9-15-20-19-12(3)23-15/h5-8,11H,4,9-10H2,1-3H3,(H2,17,18,21)/t11-/m1/s1. The van der Waals surface area contributed by atoms with Crippen molar-refractivity contribution in [2.75, 3.05) is 11.9 Å². The van der Waals surface area contributed by atoms with Crippen LogP contribution in [0.2, 0.25) is 0 Å². The van der Waals surface area contributed by atoms with Crippen LogP contribution in [-0.2, 0) is 6.42 Å². The maximum absolute atomic E-state index is 12.0. The zero-order valence-corrected chi connectivity index (χ0v) is 14.4. The Bertz CT molecular complexity index is 645. The highest BCUT2D eigenvalue weighted by Gasteiger charge is 2.09. The number of para-hydroxylation sites is 2. The highest BCUT2D eigenvalue weighted by Crippen LogP contribution is 2.25. The normalized spacial score (nSPS) is 11.8. The van der Waals surface area contributed by atoms with Crippen molar-refractivity contribution < 1.29 is 9.53 Å². The number of aromatic nitrogens is 2. The molecule has 0 saturated carbocycles. The van der Waals surface area contributed by atoms with Crippen molar-refractivity contribution in [3.8, 4) is 5.75 Å². The lowest BCUT2D eigenvalue weighted by molar-refractivity contribution is 0.218. The number of nitrogens with zero attached hydrogens (tertiary/aromatic N) is 2. The zero-order valence-electron chi connectivity index (χ0n) is 13.6. The first-order chi connectivity index (χ1) is 11.1. The summed E-state index contributed by atoms with van der Waals surface area (Å²) < 4.78 is 5.81. The molecule has 23 heavy (non-hydrogen) atoms. The van der Waals surface area contributed by atoms with E-state index >= 15 is 0 Å². The number of amides is 2. The minimum Gasteiger partial charge on any atom is -0.489 e. The van der Waals surface area contributed by atoms with E-state index in [4.69, 9.17) is 4.74 Å². The van der Waals surface area contributed by atoms with E-state index in [9.17, 15) is 4.79 Å².